The molecule has 21 heavy (non-hydrogen) atoms. The molecule has 1 aromatic rings. The van der Waals surface area contributed by atoms with Crippen molar-refractivity contribution in [2.45, 2.75) is 69.6 Å². The van der Waals surface area contributed by atoms with Crippen molar-refractivity contribution in [1.82, 2.24) is 5.32 Å². The maximum absolute atomic E-state index is 3.70. The van der Waals surface area contributed by atoms with Gasteiger partial charge in [0.05, 0.1) is 0 Å². The lowest BCUT2D eigenvalue weighted by atomic mass is 9.86. The molecular formula is C19H31NS. The van der Waals surface area contributed by atoms with E-state index in [0.29, 0.717) is 4.75 Å². The van der Waals surface area contributed by atoms with Crippen LogP contribution in [0.5, 0.6) is 0 Å². The molecule has 0 unspecified atom stereocenters. The Morgan fingerprint density at radius 1 is 1.05 bits per heavy atom. The molecule has 0 amide bonds. The number of hydrogen-bond acceptors (Lipinski definition) is 2. The van der Waals surface area contributed by atoms with Crippen LogP contribution < -0.4 is 5.32 Å². The van der Waals surface area contributed by atoms with Gasteiger partial charge in [-0.1, -0.05) is 64.3 Å². The molecule has 0 aromatic heterocycles. The minimum Gasteiger partial charge on any atom is -0.311 e. The van der Waals surface area contributed by atoms with E-state index >= 15 is 0 Å². The summed E-state index contributed by atoms with van der Waals surface area (Å²) in [4.78, 5) is 0. The summed E-state index contributed by atoms with van der Waals surface area (Å²) in [5.74, 6) is 0. The Kier molecular flexibility index (Phi) is 5.79. The largest absolute Gasteiger partial charge is 0.311 e. The molecule has 0 radical (unpaired) electrons. The standard InChI is InChI=1S/C19H31NS/c1-18(2,3)17-10-8-16(9-11-17)14-20-15-19(21-4)12-6-5-7-13-19/h8-11,20H,5-7,12-15H2,1-4H3. The number of thioether (sulfide) groups is 1. The van der Waals surface area contributed by atoms with E-state index in [-0.39, 0.29) is 5.41 Å². The van der Waals surface area contributed by atoms with Crippen LogP contribution in [0.2, 0.25) is 0 Å². The van der Waals surface area contributed by atoms with Gasteiger partial charge in [-0.05, 0) is 35.6 Å². The smallest absolute Gasteiger partial charge is 0.0281 e. The molecule has 1 N–H and O–H groups in total. The van der Waals surface area contributed by atoms with Crippen LogP contribution in [-0.4, -0.2) is 17.5 Å². The fraction of sp³-hybridized carbons (Fsp3) is 0.684. The lowest BCUT2D eigenvalue weighted by Gasteiger charge is -2.36. The highest BCUT2D eigenvalue weighted by atomic mass is 32.2. The zero-order valence-electron chi connectivity index (χ0n) is 14.2. The van der Waals surface area contributed by atoms with Gasteiger partial charge in [0.2, 0.25) is 0 Å². The van der Waals surface area contributed by atoms with Gasteiger partial charge in [0.25, 0.3) is 0 Å². The zero-order valence-corrected chi connectivity index (χ0v) is 15.0. The van der Waals surface area contributed by atoms with Gasteiger partial charge < -0.3 is 5.32 Å². The van der Waals surface area contributed by atoms with E-state index in [9.17, 15) is 0 Å². The van der Waals surface area contributed by atoms with Crippen molar-refractivity contribution in [1.29, 1.82) is 0 Å². The Morgan fingerprint density at radius 3 is 2.19 bits per heavy atom. The van der Waals surface area contributed by atoms with Crippen molar-refractivity contribution in [3.63, 3.8) is 0 Å². The predicted molar refractivity (Wildman–Crippen MR) is 96.2 cm³/mol. The van der Waals surface area contributed by atoms with E-state index in [1.165, 1.54) is 43.2 Å². The SMILES string of the molecule is CSC1(CNCc2ccc(C(C)(C)C)cc2)CCCCC1. The monoisotopic (exact) mass is 305 g/mol. The molecule has 0 atom stereocenters. The lowest BCUT2D eigenvalue weighted by molar-refractivity contribution is 0.379. The van der Waals surface area contributed by atoms with Crippen LogP contribution in [0.4, 0.5) is 0 Å². The molecule has 2 heteroatoms. The van der Waals surface area contributed by atoms with Crippen LogP contribution in [0.1, 0.15) is 64.0 Å². The van der Waals surface area contributed by atoms with Crippen LogP contribution in [0, 0.1) is 0 Å². The fourth-order valence-electron chi connectivity index (χ4n) is 3.21. The van der Waals surface area contributed by atoms with Crippen LogP contribution in [0.15, 0.2) is 24.3 Å². The van der Waals surface area contributed by atoms with Crippen LogP contribution in [0.25, 0.3) is 0 Å². The number of benzene rings is 1. The lowest BCUT2D eigenvalue weighted by Crippen LogP contribution is -2.39. The first-order valence-electron chi connectivity index (χ1n) is 8.31. The van der Waals surface area contributed by atoms with E-state index in [2.05, 4.69) is 68.4 Å². The summed E-state index contributed by atoms with van der Waals surface area (Å²) in [7, 11) is 0. The molecule has 1 nitrogen and oxygen atoms in total. The second kappa shape index (κ2) is 7.19. The predicted octanol–water partition coefficient (Wildman–Crippen LogP) is 5.14. The molecule has 2 rings (SSSR count). The molecular weight excluding hydrogens is 274 g/mol. The summed E-state index contributed by atoms with van der Waals surface area (Å²) in [6.45, 7) is 8.95. The van der Waals surface area contributed by atoms with Gasteiger partial charge in [-0.2, -0.15) is 11.8 Å². The van der Waals surface area contributed by atoms with Gasteiger partial charge in [0.1, 0.15) is 0 Å². The summed E-state index contributed by atoms with van der Waals surface area (Å²) in [5, 5.41) is 3.70. The van der Waals surface area contributed by atoms with Crippen molar-refractivity contribution in [2.24, 2.45) is 0 Å². The summed E-state index contributed by atoms with van der Waals surface area (Å²) >= 11 is 2.07. The summed E-state index contributed by atoms with van der Waals surface area (Å²) in [6.07, 6.45) is 9.28. The highest BCUT2D eigenvalue weighted by molar-refractivity contribution is 8.00. The van der Waals surface area contributed by atoms with Gasteiger partial charge in [0, 0.05) is 17.8 Å². The van der Waals surface area contributed by atoms with Crippen LogP contribution in [-0.2, 0) is 12.0 Å². The molecule has 1 fully saturated rings. The number of nitrogens with one attached hydrogen (secondary N) is 1. The third-order valence-electron chi connectivity index (χ3n) is 4.79. The molecule has 1 saturated carbocycles. The normalized spacial score (nSPS) is 18.7. The quantitative estimate of drug-likeness (QED) is 0.808. The summed E-state index contributed by atoms with van der Waals surface area (Å²) in [6, 6.07) is 9.12. The number of rotatable bonds is 5. The third-order valence-corrected chi connectivity index (χ3v) is 6.21. The Balaban J connectivity index is 1.85. The fourth-order valence-corrected chi connectivity index (χ4v) is 4.15. The van der Waals surface area contributed by atoms with E-state index in [4.69, 9.17) is 0 Å². The van der Waals surface area contributed by atoms with Gasteiger partial charge in [0.15, 0.2) is 0 Å². The maximum atomic E-state index is 3.70. The van der Waals surface area contributed by atoms with Gasteiger partial charge in [-0.25, -0.2) is 0 Å². The average Bonchev–Trinajstić information content (AvgIpc) is 2.48. The van der Waals surface area contributed by atoms with E-state index in [1.54, 1.807) is 0 Å². The zero-order chi connectivity index (χ0) is 15.3. The molecule has 0 spiro atoms. The van der Waals surface area contributed by atoms with E-state index in [1.807, 2.05) is 0 Å². The molecule has 118 valence electrons. The van der Waals surface area contributed by atoms with Gasteiger partial charge >= 0.3 is 0 Å². The summed E-state index contributed by atoms with van der Waals surface area (Å²) in [5.41, 5.74) is 3.06. The summed E-state index contributed by atoms with van der Waals surface area (Å²) < 4.78 is 0.490. The Labute approximate surface area is 135 Å². The minimum absolute atomic E-state index is 0.247. The van der Waals surface area contributed by atoms with Crippen molar-refractivity contribution in [3.8, 4) is 0 Å². The molecule has 1 aliphatic rings. The van der Waals surface area contributed by atoms with E-state index < -0.39 is 0 Å². The molecule has 1 aliphatic carbocycles. The minimum atomic E-state index is 0.247. The first-order valence-corrected chi connectivity index (χ1v) is 9.53. The first-order chi connectivity index (χ1) is 9.95. The van der Waals surface area contributed by atoms with Crippen molar-refractivity contribution >= 4 is 11.8 Å². The first kappa shape index (κ1) is 16.9. The molecule has 0 aliphatic heterocycles. The van der Waals surface area contributed by atoms with Gasteiger partial charge in [-0.3, -0.25) is 0 Å². The second-order valence-electron chi connectivity index (χ2n) is 7.50. The molecule has 0 saturated heterocycles. The van der Waals surface area contributed by atoms with Gasteiger partial charge in [-0.15, -0.1) is 0 Å². The van der Waals surface area contributed by atoms with Crippen LogP contribution in [0.3, 0.4) is 0 Å². The topological polar surface area (TPSA) is 12.0 Å². The van der Waals surface area contributed by atoms with Crippen LogP contribution >= 0.6 is 11.8 Å². The highest BCUT2D eigenvalue weighted by Crippen LogP contribution is 2.38. The maximum Gasteiger partial charge on any atom is 0.0281 e. The van der Waals surface area contributed by atoms with Crippen molar-refractivity contribution in [3.05, 3.63) is 35.4 Å². The third kappa shape index (κ3) is 4.75. The van der Waals surface area contributed by atoms with Crippen molar-refractivity contribution in [2.75, 3.05) is 12.8 Å². The average molecular weight is 306 g/mol. The molecule has 0 bridgehead atoms. The van der Waals surface area contributed by atoms with E-state index in [0.717, 1.165) is 13.1 Å². The Bertz CT molecular complexity index is 424. The Morgan fingerprint density at radius 2 is 1.67 bits per heavy atom. The second-order valence-corrected chi connectivity index (χ2v) is 8.77. The number of hydrogen-bond donors (Lipinski definition) is 1. The molecule has 1 aromatic carbocycles. The highest BCUT2D eigenvalue weighted by Gasteiger charge is 2.30. The van der Waals surface area contributed by atoms with Crippen molar-refractivity contribution < 1.29 is 0 Å². The molecule has 0 heterocycles. The Hall–Kier alpha value is -0.470.